The largest absolute Gasteiger partial charge is 0.487 e. The first-order valence-corrected chi connectivity index (χ1v) is 6.75. The lowest BCUT2D eigenvalue weighted by Gasteiger charge is -2.10. The van der Waals surface area contributed by atoms with E-state index in [1.54, 1.807) is 18.5 Å². The highest BCUT2D eigenvalue weighted by molar-refractivity contribution is 9.11. The van der Waals surface area contributed by atoms with Crippen LogP contribution in [0.15, 0.2) is 45.6 Å². The summed E-state index contributed by atoms with van der Waals surface area (Å²) >= 11 is 6.71. The fourth-order valence-corrected chi connectivity index (χ4v) is 2.83. The van der Waals surface area contributed by atoms with Crippen molar-refractivity contribution < 1.29 is 9.53 Å². The molecule has 0 unspecified atom stereocenters. The van der Waals surface area contributed by atoms with Crippen molar-refractivity contribution in [1.82, 2.24) is 4.98 Å². The number of pyridine rings is 1. The van der Waals surface area contributed by atoms with Crippen LogP contribution in [0, 0.1) is 0 Å². The van der Waals surface area contributed by atoms with Gasteiger partial charge in [0.05, 0.1) is 10.0 Å². The summed E-state index contributed by atoms with van der Waals surface area (Å²) in [7, 11) is 0. The summed E-state index contributed by atoms with van der Waals surface area (Å²) in [6.45, 7) is 0.370. The van der Waals surface area contributed by atoms with Crippen LogP contribution in [0.4, 0.5) is 0 Å². The lowest BCUT2D eigenvalue weighted by atomic mass is 10.2. The number of halogens is 2. The maximum atomic E-state index is 11.0. The third-order valence-electron chi connectivity index (χ3n) is 2.27. The number of carbonyl (C=O) groups excluding carboxylic acids is 1. The van der Waals surface area contributed by atoms with E-state index in [1.807, 2.05) is 18.2 Å². The topological polar surface area (TPSA) is 39.2 Å². The smallest absolute Gasteiger partial charge is 0.153 e. The molecule has 0 fully saturated rings. The second-order valence-electron chi connectivity index (χ2n) is 3.57. The zero-order chi connectivity index (χ0) is 13.0. The molecule has 92 valence electrons. The Kier molecular flexibility index (Phi) is 4.49. The van der Waals surface area contributed by atoms with Crippen LogP contribution >= 0.6 is 31.9 Å². The quantitative estimate of drug-likeness (QED) is 0.763. The highest BCUT2D eigenvalue weighted by atomic mass is 79.9. The second-order valence-corrected chi connectivity index (χ2v) is 5.34. The second kappa shape index (κ2) is 6.11. The Balaban J connectivity index is 2.21. The number of rotatable bonds is 4. The van der Waals surface area contributed by atoms with E-state index < -0.39 is 0 Å². The van der Waals surface area contributed by atoms with Crippen LogP contribution in [0.25, 0.3) is 0 Å². The fourth-order valence-electron chi connectivity index (χ4n) is 1.46. The van der Waals surface area contributed by atoms with Crippen LogP contribution < -0.4 is 4.74 Å². The van der Waals surface area contributed by atoms with E-state index in [2.05, 4.69) is 36.8 Å². The fraction of sp³-hybridized carbons (Fsp3) is 0.0769. The number of benzene rings is 1. The molecular formula is C13H9Br2NO2. The predicted molar refractivity (Wildman–Crippen MR) is 75.8 cm³/mol. The molecule has 0 saturated carbocycles. The number of aromatic nitrogens is 1. The van der Waals surface area contributed by atoms with Crippen molar-refractivity contribution in [3.05, 3.63) is 56.7 Å². The van der Waals surface area contributed by atoms with Crippen molar-refractivity contribution in [2.24, 2.45) is 0 Å². The van der Waals surface area contributed by atoms with Gasteiger partial charge in [-0.25, -0.2) is 0 Å². The van der Waals surface area contributed by atoms with E-state index in [4.69, 9.17) is 4.74 Å². The molecule has 2 rings (SSSR count). The molecule has 0 aliphatic rings. The highest BCUT2D eigenvalue weighted by Crippen LogP contribution is 2.32. The van der Waals surface area contributed by atoms with E-state index in [-0.39, 0.29) is 0 Å². The Bertz CT molecular complexity index is 558. The summed E-state index contributed by atoms with van der Waals surface area (Å²) < 4.78 is 7.22. The molecule has 0 atom stereocenters. The monoisotopic (exact) mass is 369 g/mol. The van der Waals surface area contributed by atoms with Crippen molar-refractivity contribution in [2.45, 2.75) is 6.61 Å². The molecule has 0 radical (unpaired) electrons. The number of carbonyl (C=O) groups is 1. The van der Waals surface area contributed by atoms with Gasteiger partial charge in [-0.15, -0.1) is 0 Å². The maximum absolute atomic E-state index is 11.0. The Morgan fingerprint density at radius 3 is 2.83 bits per heavy atom. The summed E-state index contributed by atoms with van der Waals surface area (Å²) in [6, 6.07) is 7.32. The molecule has 0 spiro atoms. The van der Waals surface area contributed by atoms with Crippen LogP contribution in [0.3, 0.4) is 0 Å². The first kappa shape index (κ1) is 13.2. The van der Waals surface area contributed by atoms with Gasteiger partial charge in [0.1, 0.15) is 12.4 Å². The van der Waals surface area contributed by atoms with Gasteiger partial charge in [0.25, 0.3) is 0 Å². The minimum Gasteiger partial charge on any atom is -0.487 e. The van der Waals surface area contributed by atoms with Gasteiger partial charge < -0.3 is 4.74 Å². The maximum Gasteiger partial charge on any atom is 0.153 e. The molecular weight excluding hydrogens is 362 g/mol. The lowest BCUT2D eigenvalue weighted by molar-refractivity contribution is 0.111. The first-order valence-electron chi connectivity index (χ1n) is 5.16. The number of hydrogen-bond donors (Lipinski definition) is 0. The molecule has 1 heterocycles. The summed E-state index contributed by atoms with van der Waals surface area (Å²) in [5.74, 6) is 0.539. The molecule has 0 N–H and O–H groups in total. The van der Waals surface area contributed by atoms with Crippen molar-refractivity contribution in [3.63, 3.8) is 0 Å². The van der Waals surface area contributed by atoms with Crippen LogP contribution in [-0.2, 0) is 6.61 Å². The Morgan fingerprint density at radius 2 is 2.17 bits per heavy atom. The molecule has 0 amide bonds. The van der Waals surface area contributed by atoms with E-state index in [9.17, 15) is 4.79 Å². The van der Waals surface area contributed by atoms with Gasteiger partial charge in [0.2, 0.25) is 0 Å². The normalized spacial score (nSPS) is 10.1. The number of ether oxygens (including phenoxy) is 1. The molecule has 18 heavy (non-hydrogen) atoms. The standard InChI is InChI=1S/C13H9Br2NO2/c14-11-4-10(7-17)13(12(15)5-11)18-8-9-2-1-3-16-6-9/h1-7H,8H2. The van der Waals surface area contributed by atoms with Gasteiger partial charge in [-0.05, 0) is 34.1 Å². The van der Waals surface area contributed by atoms with Gasteiger partial charge in [0, 0.05) is 22.4 Å². The van der Waals surface area contributed by atoms with Gasteiger partial charge in [-0.1, -0.05) is 22.0 Å². The van der Waals surface area contributed by atoms with Crippen molar-refractivity contribution >= 4 is 38.1 Å². The van der Waals surface area contributed by atoms with Crippen LogP contribution in [0.2, 0.25) is 0 Å². The van der Waals surface area contributed by atoms with E-state index in [0.717, 1.165) is 20.8 Å². The van der Waals surface area contributed by atoms with E-state index >= 15 is 0 Å². The molecule has 0 aliphatic carbocycles. The summed E-state index contributed by atoms with van der Waals surface area (Å²) in [4.78, 5) is 15.0. The van der Waals surface area contributed by atoms with E-state index in [0.29, 0.717) is 17.9 Å². The number of aldehydes is 1. The minimum atomic E-state index is 0.370. The van der Waals surface area contributed by atoms with Crippen molar-refractivity contribution in [3.8, 4) is 5.75 Å². The van der Waals surface area contributed by atoms with Crippen LogP contribution in [0.5, 0.6) is 5.75 Å². The Morgan fingerprint density at radius 1 is 1.33 bits per heavy atom. The first-order chi connectivity index (χ1) is 8.70. The molecule has 3 nitrogen and oxygen atoms in total. The predicted octanol–water partition coefficient (Wildman–Crippen LogP) is 4.00. The van der Waals surface area contributed by atoms with Gasteiger partial charge in [-0.2, -0.15) is 0 Å². The average molecular weight is 371 g/mol. The third kappa shape index (κ3) is 3.17. The third-order valence-corrected chi connectivity index (χ3v) is 3.32. The van der Waals surface area contributed by atoms with Crippen LogP contribution in [0.1, 0.15) is 15.9 Å². The Hall–Kier alpha value is -1.20. The zero-order valence-corrected chi connectivity index (χ0v) is 12.4. The summed E-state index contributed by atoms with van der Waals surface area (Å²) in [5.41, 5.74) is 1.45. The molecule has 1 aromatic carbocycles. The highest BCUT2D eigenvalue weighted by Gasteiger charge is 2.09. The number of hydrogen-bond acceptors (Lipinski definition) is 3. The molecule has 5 heteroatoms. The molecule has 0 bridgehead atoms. The summed E-state index contributed by atoms with van der Waals surface area (Å²) in [6.07, 6.45) is 4.21. The average Bonchev–Trinajstić information content (AvgIpc) is 2.38. The SMILES string of the molecule is O=Cc1cc(Br)cc(Br)c1OCc1cccnc1. The molecule has 1 aromatic heterocycles. The zero-order valence-electron chi connectivity index (χ0n) is 9.27. The van der Waals surface area contributed by atoms with Crippen LogP contribution in [-0.4, -0.2) is 11.3 Å². The van der Waals surface area contributed by atoms with Crippen molar-refractivity contribution in [2.75, 3.05) is 0 Å². The minimum absolute atomic E-state index is 0.370. The molecule has 2 aromatic rings. The molecule has 0 saturated heterocycles. The molecule has 0 aliphatic heterocycles. The number of nitrogens with zero attached hydrogens (tertiary/aromatic N) is 1. The lowest BCUT2D eigenvalue weighted by Crippen LogP contribution is -1.99. The van der Waals surface area contributed by atoms with Gasteiger partial charge in [0.15, 0.2) is 6.29 Å². The van der Waals surface area contributed by atoms with Gasteiger partial charge in [-0.3, -0.25) is 9.78 Å². The Labute approximate surface area is 121 Å². The van der Waals surface area contributed by atoms with E-state index in [1.165, 1.54) is 0 Å². The van der Waals surface area contributed by atoms with Crippen molar-refractivity contribution in [1.29, 1.82) is 0 Å². The van der Waals surface area contributed by atoms with Gasteiger partial charge >= 0.3 is 0 Å². The summed E-state index contributed by atoms with van der Waals surface area (Å²) in [5, 5.41) is 0.